The minimum Gasteiger partial charge on any atom is -0.478 e. The van der Waals surface area contributed by atoms with Crippen molar-refractivity contribution in [1.29, 1.82) is 0 Å². The monoisotopic (exact) mass is 296 g/mol. The highest BCUT2D eigenvalue weighted by Gasteiger charge is 2.22. The lowest BCUT2D eigenvalue weighted by molar-refractivity contribution is -0.128. The first-order valence-corrected chi connectivity index (χ1v) is 7.12. The van der Waals surface area contributed by atoms with Gasteiger partial charge in [0.05, 0.1) is 0 Å². The first-order chi connectivity index (χ1) is 9.60. The molecule has 1 aromatic carbocycles. The Hall–Kier alpha value is -1.62. The first-order valence-electron chi connectivity index (χ1n) is 7.12. The molecule has 0 saturated heterocycles. The number of carbonyl (C=O) groups excluding carboxylic acids is 1. The molecule has 4 nitrogen and oxygen atoms in total. The van der Waals surface area contributed by atoms with E-state index in [0.29, 0.717) is 12.0 Å². The average Bonchev–Trinajstić information content (AvgIpc) is 2.30. The van der Waals surface area contributed by atoms with Crippen molar-refractivity contribution in [1.82, 2.24) is 5.32 Å². The Morgan fingerprint density at radius 2 is 2.00 bits per heavy atom. The van der Waals surface area contributed by atoms with Gasteiger partial charge in [-0.3, -0.25) is 4.79 Å². The van der Waals surface area contributed by atoms with E-state index in [1.165, 1.54) is 6.07 Å². The zero-order chi connectivity index (χ0) is 16.2. The highest BCUT2D eigenvalue weighted by molar-refractivity contribution is 5.81. The molecule has 1 amide bonds. The van der Waals surface area contributed by atoms with Crippen LogP contribution in [0.4, 0.5) is 4.39 Å². The van der Waals surface area contributed by atoms with Crippen LogP contribution in [-0.4, -0.2) is 23.6 Å². The molecule has 5 heteroatoms. The lowest BCUT2D eigenvalue weighted by Crippen LogP contribution is -2.46. The fourth-order valence-electron chi connectivity index (χ4n) is 1.89. The Kier molecular flexibility index (Phi) is 5.72. The number of carbonyl (C=O) groups is 1. The van der Waals surface area contributed by atoms with Gasteiger partial charge < -0.3 is 15.8 Å². The van der Waals surface area contributed by atoms with Crippen LogP contribution in [0, 0.1) is 5.82 Å². The van der Waals surface area contributed by atoms with Gasteiger partial charge in [-0.15, -0.1) is 0 Å². The van der Waals surface area contributed by atoms with Gasteiger partial charge in [0.1, 0.15) is 0 Å². The number of halogens is 1. The smallest absolute Gasteiger partial charge is 0.261 e. The zero-order valence-corrected chi connectivity index (χ0v) is 13.4. The van der Waals surface area contributed by atoms with E-state index in [1.807, 2.05) is 27.7 Å². The molecule has 0 fully saturated rings. The van der Waals surface area contributed by atoms with Crippen molar-refractivity contribution in [2.45, 2.75) is 58.7 Å². The minimum atomic E-state index is -0.784. The van der Waals surface area contributed by atoms with Crippen molar-refractivity contribution in [3.63, 3.8) is 0 Å². The summed E-state index contributed by atoms with van der Waals surface area (Å²) in [6, 6.07) is 4.57. The molecule has 118 valence electrons. The van der Waals surface area contributed by atoms with Crippen LogP contribution in [0.2, 0.25) is 0 Å². The molecule has 21 heavy (non-hydrogen) atoms. The molecular weight excluding hydrogens is 271 g/mol. The van der Waals surface area contributed by atoms with E-state index >= 15 is 0 Å². The van der Waals surface area contributed by atoms with Crippen LogP contribution in [0.5, 0.6) is 5.75 Å². The van der Waals surface area contributed by atoms with Gasteiger partial charge in [-0.05, 0) is 52.7 Å². The second-order valence-corrected chi connectivity index (χ2v) is 6.41. The largest absolute Gasteiger partial charge is 0.478 e. The van der Waals surface area contributed by atoms with E-state index in [-0.39, 0.29) is 23.2 Å². The van der Waals surface area contributed by atoms with Gasteiger partial charge in [-0.1, -0.05) is 12.1 Å². The fourth-order valence-corrected chi connectivity index (χ4v) is 1.89. The number of rotatable bonds is 5. The summed E-state index contributed by atoms with van der Waals surface area (Å²) in [5, 5.41) is 2.81. The van der Waals surface area contributed by atoms with Gasteiger partial charge in [0.2, 0.25) is 0 Å². The summed E-state index contributed by atoms with van der Waals surface area (Å²) in [5.74, 6) is -0.660. The molecule has 0 aliphatic carbocycles. The molecule has 1 aromatic rings. The van der Waals surface area contributed by atoms with Crippen molar-refractivity contribution in [3.8, 4) is 5.75 Å². The summed E-state index contributed by atoms with van der Waals surface area (Å²) in [6.45, 7) is 9.07. The quantitative estimate of drug-likeness (QED) is 0.877. The highest BCUT2D eigenvalue weighted by Crippen LogP contribution is 2.25. The number of nitrogens with one attached hydrogen (secondary N) is 1. The summed E-state index contributed by atoms with van der Waals surface area (Å²) in [4.78, 5) is 12.0. The molecule has 0 aromatic heterocycles. The van der Waals surface area contributed by atoms with E-state index in [2.05, 4.69) is 5.32 Å². The molecule has 0 bridgehead atoms. The second kappa shape index (κ2) is 6.89. The number of hydrogen-bond donors (Lipinski definition) is 2. The molecule has 0 aliphatic heterocycles. The predicted molar refractivity (Wildman–Crippen MR) is 81.7 cm³/mol. The van der Waals surface area contributed by atoms with Crippen molar-refractivity contribution in [2.75, 3.05) is 0 Å². The van der Waals surface area contributed by atoms with Crippen LogP contribution >= 0.6 is 0 Å². The molecule has 2 atom stereocenters. The maximum Gasteiger partial charge on any atom is 0.261 e. The predicted octanol–water partition coefficient (Wildman–Crippen LogP) is 2.40. The van der Waals surface area contributed by atoms with Crippen LogP contribution in [0.3, 0.4) is 0 Å². The maximum absolute atomic E-state index is 14.0. The maximum atomic E-state index is 14.0. The molecule has 1 rings (SSSR count). The Bertz CT molecular complexity index is 496. The summed E-state index contributed by atoms with van der Waals surface area (Å²) in [6.07, 6.45) is -0.297. The number of para-hydroxylation sites is 1. The van der Waals surface area contributed by atoms with E-state index in [4.69, 9.17) is 10.5 Å². The van der Waals surface area contributed by atoms with Crippen molar-refractivity contribution >= 4 is 5.91 Å². The minimum absolute atomic E-state index is 0.103. The molecular formula is C16H25FN2O2. The lowest BCUT2D eigenvalue weighted by atomic mass is 10.1. The highest BCUT2D eigenvalue weighted by atomic mass is 19.1. The summed E-state index contributed by atoms with van der Waals surface area (Å²) < 4.78 is 19.5. The lowest BCUT2D eigenvalue weighted by Gasteiger charge is -2.24. The first kappa shape index (κ1) is 17.4. The van der Waals surface area contributed by atoms with Gasteiger partial charge in [-0.2, -0.15) is 0 Å². The van der Waals surface area contributed by atoms with Crippen molar-refractivity contribution in [2.24, 2.45) is 5.73 Å². The number of nitrogens with two attached hydrogens (primary N) is 1. The van der Waals surface area contributed by atoms with Gasteiger partial charge in [0.25, 0.3) is 5.91 Å². The van der Waals surface area contributed by atoms with E-state index < -0.39 is 11.9 Å². The molecule has 0 spiro atoms. The Morgan fingerprint density at radius 3 is 2.52 bits per heavy atom. The van der Waals surface area contributed by atoms with Gasteiger partial charge in [0.15, 0.2) is 17.7 Å². The van der Waals surface area contributed by atoms with Crippen LogP contribution in [0.15, 0.2) is 18.2 Å². The number of ether oxygens (including phenoxy) is 1. The Morgan fingerprint density at radius 1 is 1.38 bits per heavy atom. The Labute approximate surface area is 125 Å². The van der Waals surface area contributed by atoms with E-state index in [9.17, 15) is 9.18 Å². The number of amides is 1. The SMILES string of the molecule is CC(N)Cc1cccc(F)c1OC(C)C(=O)NC(C)(C)C. The standard InChI is InChI=1S/C16H25FN2O2/c1-10(18)9-12-7-6-8-13(17)14(12)21-11(2)15(20)19-16(3,4)5/h6-8,10-11H,9,18H2,1-5H3,(H,19,20). The zero-order valence-electron chi connectivity index (χ0n) is 13.4. The van der Waals surface area contributed by atoms with E-state index in [0.717, 1.165) is 0 Å². The second-order valence-electron chi connectivity index (χ2n) is 6.41. The average molecular weight is 296 g/mol. The summed E-state index contributed by atoms with van der Waals surface area (Å²) >= 11 is 0. The topological polar surface area (TPSA) is 64.3 Å². The van der Waals surface area contributed by atoms with Crippen LogP contribution in [-0.2, 0) is 11.2 Å². The van der Waals surface area contributed by atoms with E-state index in [1.54, 1.807) is 19.1 Å². The summed E-state index contributed by atoms with van der Waals surface area (Å²) in [7, 11) is 0. The fraction of sp³-hybridized carbons (Fsp3) is 0.562. The van der Waals surface area contributed by atoms with Gasteiger partial charge >= 0.3 is 0 Å². The van der Waals surface area contributed by atoms with Gasteiger partial charge in [0, 0.05) is 11.6 Å². The third-order valence-corrected chi connectivity index (χ3v) is 2.75. The third kappa shape index (κ3) is 5.71. The molecule has 0 aliphatic rings. The van der Waals surface area contributed by atoms with Crippen LogP contribution in [0.1, 0.15) is 40.2 Å². The molecule has 0 saturated carbocycles. The van der Waals surface area contributed by atoms with Crippen LogP contribution in [0.25, 0.3) is 0 Å². The van der Waals surface area contributed by atoms with Crippen molar-refractivity contribution in [3.05, 3.63) is 29.6 Å². The summed E-state index contributed by atoms with van der Waals surface area (Å²) in [5.41, 5.74) is 6.06. The Balaban J connectivity index is 2.89. The molecule has 0 radical (unpaired) electrons. The molecule has 0 heterocycles. The van der Waals surface area contributed by atoms with Gasteiger partial charge in [-0.25, -0.2) is 4.39 Å². The van der Waals surface area contributed by atoms with Crippen molar-refractivity contribution < 1.29 is 13.9 Å². The molecule has 3 N–H and O–H groups in total. The third-order valence-electron chi connectivity index (χ3n) is 2.75. The number of hydrogen-bond acceptors (Lipinski definition) is 3. The van der Waals surface area contributed by atoms with Crippen LogP contribution < -0.4 is 15.8 Å². The normalized spacial score (nSPS) is 14.4. The number of benzene rings is 1. The molecule has 2 unspecified atom stereocenters.